The van der Waals surface area contributed by atoms with Gasteiger partial charge in [-0.3, -0.25) is 9.69 Å². The molecule has 0 aromatic rings. The molecule has 0 aromatic heterocycles. The lowest BCUT2D eigenvalue weighted by atomic mass is 10.3. The highest BCUT2D eigenvalue weighted by Crippen LogP contribution is 2.13. The van der Waals surface area contributed by atoms with Crippen LogP contribution in [0.1, 0.15) is 12.8 Å². The average Bonchev–Trinajstić information content (AvgIpc) is 2.83. The number of carboxylic acids is 1. The van der Waals surface area contributed by atoms with Crippen LogP contribution in [0, 0.1) is 0 Å². The fraction of sp³-hybridized carbons (Fsp3) is 0.833. The van der Waals surface area contributed by atoms with Crippen molar-refractivity contribution in [3.05, 3.63) is 0 Å². The van der Waals surface area contributed by atoms with E-state index in [1.165, 1.54) is 0 Å². The number of urea groups is 1. The normalized spacial score (nSPS) is 24.8. The molecule has 0 aliphatic carbocycles. The molecule has 0 spiro atoms. The van der Waals surface area contributed by atoms with E-state index in [0.29, 0.717) is 39.1 Å². The molecular formula is C12H21N3O4. The molecule has 0 saturated carbocycles. The van der Waals surface area contributed by atoms with Crippen molar-refractivity contribution < 1.29 is 19.8 Å². The Bertz CT molecular complexity index is 342. The molecule has 108 valence electrons. The van der Waals surface area contributed by atoms with Crippen LogP contribution in [0.25, 0.3) is 0 Å². The number of β-amino-alcohol motifs (C(OH)–C–C–N with tert-alkyl or cyclic N) is 1. The zero-order chi connectivity index (χ0) is 13.8. The number of hydrogen-bond acceptors (Lipinski definition) is 4. The van der Waals surface area contributed by atoms with E-state index in [1.807, 2.05) is 0 Å². The Labute approximate surface area is 112 Å². The Kier molecular flexibility index (Phi) is 4.60. The van der Waals surface area contributed by atoms with Crippen LogP contribution >= 0.6 is 0 Å². The van der Waals surface area contributed by atoms with Crippen LogP contribution in [-0.2, 0) is 4.79 Å². The van der Waals surface area contributed by atoms with Crippen LogP contribution < -0.4 is 0 Å². The Hall–Kier alpha value is -1.34. The number of rotatable bonds is 3. The highest BCUT2D eigenvalue weighted by molar-refractivity contribution is 5.75. The van der Waals surface area contributed by atoms with Gasteiger partial charge >= 0.3 is 12.0 Å². The second-order valence-corrected chi connectivity index (χ2v) is 5.14. The highest BCUT2D eigenvalue weighted by Gasteiger charge is 2.29. The van der Waals surface area contributed by atoms with E-state index < -0.39 is 5.97 Å². The number of aliphatic hydroxyl groups excluding tert-OH is 1. The van der Waals surface area contributed by atoms with Gasteiger partial charge < -0.3 is 20.0 Å². The summed E-state index contributed by atoms with van der Waals surface area (Å²) in [5.41, 5.74) is 0. The van der Waals surface area contributed by atoms with E-state index in [-0.39, 0.29) is 18.6 Å². The number of piperazine rings is 1. The van der Waals surface area contributed by atoms with Crippen molar-refractivity contribution in [1.82, 2.24) is 14.7 Å². The molecule has 2 rings (SSSR count). The average molecular weight is 271 g/mol. The van der Waals surface area contributed by atoms with Crippen LogP contribution in [0.3, 0.4) is 0 Å². The lowest BCUT2D eigenvalue weighted by Crippen LogP contribution is -2.52. The zero-order valence-electron chi connectivity index (χ0n) is 11.0. The summed E-state index contributed by atoms with van der Waals surface area (Å²) in [6.45, 7) is 4.29. The molecule has 0 aromatic carbocycles. The maximum Gasteiger partial charge on any atom is 0.320 e. The summed E-state index contributed by atoms with van der Waals surface area (Å²) in [6, 6.07) is -0.00515. The van der Waals surface area contributed by atoms with Crippen LogP contribution in [-0.4, -0.2) is 88.8 Å². The van der Waals surface area contributed by atoms with E-state index in [9.17, 15) is 14.7 Å². The predicted octanol–water partition coefficient (Wildman–Crippen LogP) is -0.735. The standard InChI is InChI=1S/C12H21N3O4/c16-10-1-4-15(9-10)12(19)14-7-5-13(6-8-14)3-2-11(17)18/h10,16H,1-9H2,(H,17,18). The summed E-state index contributed by atoms with van der Waals surface area (Å²) in [5, 5.41) is 18.1. The van der Waals surface area contributed by atoms with E-state index >= 15 is 0 Å². The van der Waals surface area contributed by atoms with Gasteiger partial charge in [0.05, 0.1) is 12.5 Å². The summed E-state index contributed by atoms with van der Waals surface area (Å²) in [7, 11) is 0. The minimum absolute atomic E-state index is 0.00515. The third-order valence-corrected chi connectivity index (χ3v) is 3.72. The van der Waals surface area contributed by atoms with Crippen molar-refractivity contribution in [2.45, 2.75) is 18.9 Å². The lowest BCUT2D eigenvalue weighted by molar-refractivity contribution is -0.137. The van der Waals surface area contributed by atoms with Gasteiger partial charge in [-0.1, -0.05) is 0 Å². The van der Waals surface area contributed by atoms with Crippen molar-refractivity contribution in [2.24, 2.45) is 0 Å². The van der Waals surface area contributed by atoms with Gasteiger partial charge in [-0.05, 0) is 6.42 Å². The van der Waals surface area contributed by atoms with E-state index in [4.69, 9.17) is 5.11 Å². The summed E-state index contributed by atoms with van der Waals surface area (Å²) in [6.07, 6.45) is 0.414. The van der Waals surface area contributed by atoms with Gasteiger partial charge in [0.25, 0.3) is 0 Å². The fourth-order valence-corrected chi connectivity index (χ4v) is 2.53. The summed E-state index contributed by atoms with van der Waals surface area (Å²) in [5.74, 6) is -0.787. The van der Waals surface area contributed by atoms with Gasteiger partial charge in [-0.25, -0.2) is 4.79 Å². The maximum atomic E-state index is 12.1. The largest absolute Gasteiger partial charge is 0.481 e. The quantitative estimate of drug-likeness (QED) is 0.706. The van der Waals surface area contributed by atoms with Crippen molar-refractivity contribution in [3.63, 3.8) is 0 Å². The monoisotopic (exact) mass is 271 g/mol. The number of carbonyl (C=O) groups is 2. The molecule has 7 nitrogen and oxygen atoms in total. The first kappa shape index (κ1) is 14.1. The predicted molar refractivity (Wildman–Crippen MR) is 67.9 cm³/mol. The molecule has 1 unspecified atom stereocenters. The molecule has 2 fully saturated rings. The second-order valence-electron chi connectivity index (χ2n) is 5.14. The summed E-state index contributed by atoms with van der Waals surface area (Å²) >= 11 is 0. The third kappa shape index (κ3) is 3.81. The molecule has 1 atom stereocenters. The number of hydrogen-bond donors (Lipinski definition) is 2. The molecule has 2 N–H and O–H groups in total. The smallest absolute Gasteiger partial charge is 0.320 e. The fourth-order valence-electron chi connectivity index (χ4n) is 2.53. The Morgan fingerprint density at radius 3 is 2.26 bits per heavy atom. The highest BCUT2D eigenvalue weighted by atomic mass is 16.4. The molecule has 0 bridgehead atoms. The van der Waals surface area contributed by atoms with E-state index in [2.05, 4.69) is 4.90 Å². The van der Waals surface area contributed by atoms with Gasteiger partial charge in [-0.15, -0.1) is 0 Å². The van der Waals surface area contributed by atoms with Gasteiger partial charge in [0.15, 0.2) is 0 Å². The molecule has 0 radical (unpaired) electrons. The number of amides is 2. The van der Waals surface area contributed by atoms with Gasteiger partial charge in [-0.2, -0.15) is 0 Å². The molecule has 2 heterocycles. The van der Waals surface area contributed by atoms with Crippen LogP contribution in [0.15, 0.2) is 0 Å². The molecule has 19 heavy (non-hydrogen) atoms. The van der Waals surface area contributed by atoms with Crippen molar-refractivity contribution in [1.29, 1.82) is 0 Å². The molecule has 2 saturated heterocycles. The maximum absolute atomic E-state index is 12.1. The number of carboxylic acid groups (broad SMARTS) is 1. The summed E-state index contributed by atoms with van der Waals surface area (Å²) < 4.78 is 0. The minimum atomic E-state index is -0.787. The summed E-state index contributed by atoms with van der Waals surface area (Å²) in [4.78, 5) is 28.2. The van der Waals surface area contributed by atoms with Crippen LogP contribution in [0.4, 0.5) is 4.79 Å². The first-order valence-electron chi connectivity index (χ1n) is 6.72. The first-order chi connectivity index (χ1) is 9.06. The van der Waals surface area contributed by atoms with Gasteiger partial charge in [0, 0.05) is 45.8 Å². The minimum Gasteiger partial charge on any atom is -0.481 e. The Balaban J connectivity index is 1.73. The molecule has 2 aliphatic heterocycles. The van der Waals surface area contributed by atoms with E-state index in [1.54, 1.807) is 9.80 Å². The van der Waals surface area contributed by atoms with Gasteiger partial charge in [0.1, 0.15) is 0 Å². The van der Waals surface area contributed by atoms with Crippen molar-refractivity contribution >= 4 is 12.0 Å². The number of nitrogens with zero attached hydrogens (tertiary/aromatic N) is 3. The Morgan fingerprint density at radius 1 is 1.05 bits per heavy atom. The van der Waals surface area contributed by atoms with Crippen molar-refractivity contribution in [3.8, 4) is 0 Å². The number of aliphatic carboxylic acids is 1. The molecule has 2 amide bonds. The molecule has 2 aliphatic rings. The SMILES string of the molecule is O=C(O)CCN1CCN(C(=O)N2CCC(O)C2)CC1. The Morgan fingerprint density at radius 2 is 1.74 bits per heavy atom. The third-order valence-electron chi connectivity index (χ3n) is 3.72. The van der Waals surface area contributed by atoms with Gasteiger partial charge in [0.2, 0.25) is 0 Å². The lowest BCUT2D eigenvalue weighted by Gasteiger charge is -2.36. The molecular weight excluding hydrogens is 250 g/mol. The van der Waals surface area contributed by atoms with Crippen molar-refractivity contribution in [2.75, 3.05) is 45.8 Å². The second kappa shape index (κ2) is 6.21. The number of aliphatic hydroxyl groups is 1. The number of carbonyl (C=O) groups excluding carboxylic acids is 1. The van der Waals surface area contributed by atoms with Crippen LogP contribution in [0.5, 0.6) is 0 Å². The van der Waals surface area contributed by atoms with E-state index in [0.717, 1.165) is 13.1 Å². The topological polar surface area (TPSA) is 84.3 Å². The zero-order valence-corrected chi connectivity index (χ0v) is 11.0. The first-order valence-corrected chi connectivity index (χ1v) is 6.72. The molecule has 7 heteroatoms. The number of likely N-dealkylation sites (tertiary alicyclic amines) is 1. The van der Waals surface area contributed by atoms with Crippen LogP contribution in [0.2, 0.25) is 0 Å².